The van der Waals surface area contributed by atoms with Crippen LogP contribution >= 0.6 is 11.6 Å². The number of halogens is 1. The Balaban J connectivity index is 1.51. The molecule has 0 aromatic heterocycles. The predicted octanol–water partition coefficient (Wildman–Crippen LogP) is 7.27. The maximum Gasteiger partial charge on any atom is 0.343 e. The summed E-state index contributed by atoms with van der Waals surface area (Å²) in [5.74, 6) is 0.826. The quantitative estimate of drug-likeness (QED) is 0.145. The molecule has 4 nitrogen and oxygen atoms in total. The maximum atomic E-state index is 12.4. The molecular formula is C26H26ClNO3. The molecule has 0 aliphatic heterocycles. The average Bonchev–Trinajstić information content (AvgIpc) is 2.79. The van der Waals surface area contributed by atoms with Gasteiger partial charge in [-0.1, -0.05) is 43.9 Å². The second-order valence-electron chi connectivity index (χ2n) is 7.13. The van der Waals surface area contributed by atoms with Gasteiger partial charge in [-0.05, 0) is 78.7 Å². The van der Waals surface area contributed by atoms with Crippen molar-refractivity contribution in [2.45, 2.75) is 32.6 Å². The Hall–Kier alpha value is -3.11. The maximum absolute atomic E-state index is 12.4. The van der Waals surface area contributed by atoms with Crippen molar-refractivity contribution in [2.24, 2.45) is 4.99 Å². The third kappa shape index (κ3) is 7.58. The fourth-order valence-electron chi connectivity index (χ4n) is 2.90. The summed E-state index contributed by atoms with van der Waals surface area (Å²) in [4.78, 5) is 16.8. The lowest BCUT2D eigenvalue weighted by Crippen LogP contribution is -2.08. The van der Waals surface area contributed by atoms with Crippen LogP contribution in [0.3, 0.4) is 0 Å². The second kappa shape index (κ2) is 11.9. The molecule has 160 valence electrons. The van der Waals surface area contributed by atoms with E-state index in [0.717, 1.165) is 23.4 Å². The van der Waals surface area contributed by atoms with Crippen LogP contribution in [0.15, 0.2) is 77.8 Å². The van der Waals surface area contributed by atoms with E-state index in [0.29, 0.717) is 22.9 Å². The molecule has 3 rings (SSSR count). The van der Waals surface area contributed by atoms with Gasteiger partial charge in [0, 0.05) is 11.2 Å². The Kier molecular flexibility index (Phi) is 8.68. The van der Waals surface area contributed by atoms with Crippen molar-refractivity contribution in [1.82, 2.24) is 0 Å². The predicted molar refractivity (Wildman–Crippen MR) is 126 cm³/mol. The number of esters is 1. The first-order chi connectivity index (χ1) is 15.1. The fourth-order valence-corrected chi connectivity index (χ4v) is 3.08. The summed E-state index contributed by atoms with van der Waals surface area (Å²) in [5, 5.41) is 0.642. The Morgan fingerprint density at radius 2 is 1.68 bits per heavy atom. The van der Waals surface area contributed by atoms with Crippen molar-refractivity contribution in [2.75, 3.05) is 6.61 Å². The molecule has 0 bridgehead atoms. The molecule has 31 heavy (non-hydrogen) atoms. The molecule has 0 saturated carbocycles. The highest BCUT2D eigenvalue weighted by atomic mass is 35.5. The first-order valence-corrected chi connectivity index (χ1v) is 10.9. The van der Waals surface area contributed by atoms with E-state index in [2.05, 4.69) is 11.9 Å². The van der Waals surface area contributed by atoms with Crippen molar-refractivity contribution in [3.63, 3.8) is 0 Å². The summed E-state index contributed by atoms with van der Waals surface area (Å²) in [6.45, 7) is 2.88. The zero-order chi connectivity index (χ0) is 21.9. The largest absolute Gasteiger partial charge is 0.494 e. The fraction of sp³-hybridized carbons (Fsp3) is 0.231. The monoisotopic (exact) mass is 435 g/mol. The molecule has 0 heterocycles. The first-order valence-electron chi connectivity index (χ1n) is 10.5. The van der Waals surface area contributed by atoms with E-state index in [-0.39, 0.29) is 0 Å². The highest BCUT2D eigenvalue weighted by Crippen LogP contribution is 2.19. The zero-order valence-corrected chi connectivity index (χ0v) is 18.3. The number of carbonyl (C=O) groups is 1. The number of hydrogen-bond acceptors (Lipinski definition) is 4. The number of ether oxygens (including phenoxy) is 2. The molecule has 0 N–H and O–H groups in total. The summed E-state index contributed by atoms with van der Waals surface area (Å²) >= 11 is 5.96. The van der Waals surface area contributed by atoms with Gasteiger partial charge in [-0.25, -0.2) is 4.79 Å². The summed E-state index contributed by atoms with van der Waals surface area (Å²) in [5.41, 5.74) is 2.14. The SMILES string of the molecule is CCCCCCOc1ccc(C(=O)Oc2ccc(C=Nc3cccc(Cl)c3)cc2)cc1. The normalized spacial score (nSPS) is 10.9. The summed E-state index contributed by atoms with van der Waals surface area (Å²) in [7, 11) is 0. The smallest absolute Gasteiger partial charge is 0.343 e. The van der Waals surface area contributed by atoms with E-state index < -0.39 is 5.97 Å². The van der Waals surface area contributed by atoms with Crippen LogP contribution in [0.1, 0.15) is 48.5 Å². The summed E-state index contributed by atoms with van der Waals surface area (Å²) in [6.07, 6.45) is 6.38. The van der Waals surface area contributed by atoms with Gasteiger partial charge in [0.1, 0.15) is 11.5 Å². The number of hydrogen-bond donors (Lipinski definition) is 0. The third-order valence-electron chi connectivity index (χ3n) is 4.62. The van der Waals surface area contributed by atoms with Crippen LogP contribution in [0.5, 0.6) is 11.5 Å². The van der Waals surface area contributed by atoms with Crippen LogP contribution < -0.4 is 9.47 Å². The summed E-state index contributed by atoms with van der Waals surface area (Å²) in [6, 6.07) is 21.5. The minimum Gasteiger partial charge on any atom is -0.494 e. The van der Waals surface area contributed by atoms with E-state index in [9.17, 15) is 4.79 Å². The number of aliphatic imine (C=N–C) groups is 1. The summed E-state index contributed by atoms with van der Waals surface area (Å²) < 4.78 is 11.2. The van der Waals surface area contributed by atoms with Gasteiger partial charge in [0.25, 0.3) is 0 Å². The lowest BCUT2D eigenvalue weighted by Gasteiger charge is -2.08. The molecule has 0 radical (unpaired) electrons. The van der Waals surface area contributed by atoms with Crippen LogP contribution in [0.2, 0.25) is 5.02 Å². The Labute approximate surface area is 188 Å². The Morgan fingerprint density at radius 3 is 2.39 bits per heavy atom. The minimum atomic E-state index is -0.408. The van der Waals surface area contributed by atoms with Gasteiger partial charge in [0.15, 0.2) is 0 Å². The molecule has 0 spiro atoms. The molecular weight excluding hydrogens is 410 g/mol. The molecule has 3 aromatic carbocycles. The third-order valence-corrected chi connectivity index (χ3v) is 4.85. The highest BCUT2D eigenvalue weighted by molar-refractivity contribution is 6.30. The standard InChI is InChI=1S/C26H26ClNO3/c1-2-3-4-5-17-30-24-15-11-21(12-16-24)26(29)31-25-13-9-20(10-14-25)19-28-23-8-6-7-22(27)18-23/h6-16,18-19H,2-5,17H2,1H3. The molecule has 3 aromatic rings. The Morgan fingerprint density at radius 1 is 0.935 bits per heavy atom. The molecule has 0 atom stereocenters. The topological polar surface area (TPSA) is 47.9 Å². The van der Waals surface area contributed by atoms with Gasteiger partial charge < -0.3 is 9.47 Å². The van der Waals surface area contributed by atoms with Gasteiger partial charge in [-0.2, -0.15) is 0 Å². The minimum absolute atomic E-state index is 0.408. The molecule has 0 amide bonds. The van der Waals surface area contributed by atoms with Gasteiger partial charge in [-0.15, -0.1) is 0 Å². The number of rotatable bonds is 10. The Bertz CT molecular complexity index is 998. The molecule has 0 fully saturated rings. The lowest BCUT2D eigenvalue weighted by molar-refractivity contribution is 0.0734. The van der Waals surface area contributed by atoms with Gasteiger partial charge in [0.2, 0.25) is 0 Å². The van der Waals surface area contributed by atoms with Crippen LogP contribution in [-0.4, -0.2) is 18.8 Å². The van der Waals surface area contributed by atoms with E-state index in [1.54, 1.807) is 54.7 Å². The van der Waals surface area contributed by atoms with Crippen molar-refractivity contribution in [3.8, 4) is 11.5 Å². The average molecular weight is 436 g/mol. The van der Waals surface area contributed by atoms with E-state index in [1.165, 1.54) is 19.3 Å². The molecule has 0 aliphatic carbocycles. The van der Waals surface area contributed by atoms with Crippen molar-refractivity contribution >= 4 is 29.5 Å². The highest BCUT2D eigenvalue weighted by Gasteiger charge is 2.09. The van der Waals surface area contributed by atoms with Crippen LogP contribution in [0, 0.1) is 0 Å². The lowest BCUT2D eigenvalue weighted by atomic mass is 10.2. The number of carbonyl (C=O) groups excluding carboxylic acids is 1. The van der Waals surface area contributed by atoms with Crippen LogP contribution in [0.4, 0.5) is 5.69 Å². The van der Waals surface area contributed by atoms with Crippen molar-refractivity contribution in [3.05, 3.63) is 88.9 Å². The second-order valence-corrected chi connectivity index (χ2v) is 7.57. The zero-order valence-electron chi connectivity index (χ0n) is 17.6. The van der Waals surface area contributed by atoms with Gasteiger partial charge >= 0.3 is 5.97 Å². The number of unbranched alkanes of at least 4 members (excludes halogenated alkanes) is 3. The van der Waals surface area contributed by atoms with E-state index in [1.807, 2.05) is 24.3 Å². The number of nitrogens with zero attached hydrogens (tertiary/aromatic N) is 1. The molecule has 0 saturated heterocycles. The van der Waals surface area contributed by atoms with Crippen LogP contribution in [-0.2, 0) is 0 Å². The first kappa shape index (κ1) is 22.6. The molecule has 5 heteroatoms. The number of benzene rings is 3. The van der Waals surface area contributed by atoms with E-state index >= 15 is 0 Å². The van der Waals surface area contributed by atoms with Crippen molar-refractivity contribution in [1.29, 1.82) is 0 Å². The van der Waals surface area contributed by atoms with E-state index in [4.69, 9.17) is 21.1 Å². The van der Waals surface area contributed by atoms with Crippen LogP contribution in [0.25, 0.3) is 0 Å². The van der Waals surface area contributed by atoms with Gasteiger partial charge in [0.05, 0.1) is 17.9 Å². The van der Waals surface area contributed by atoms with Gasteiger partial charge in [-0.3, -0.25) is 4.99 Å². The molecule has 0 unspecified atom stereocenters. The molecule has 0 aliphatic rings. The van der Waals surface area contributed by atoms with Crippen molar-refractivity contribution < 1.29 is 14.3 Å².